The summed E-state index contributed by atoms with van der Waals surface area (Å²) >= 11 is 7.08. The van der Waals surface area contributed by atoms with Gasteiger partial charge in [0, 0.05) is 10.6 Å². The number of nitrogens with one attached hydrogen (secondary N) is 2. The van der Waals surface area contributed by atoms with Gasteiger partial charge in [-0.15, -0.1) is 0 Å². The van der Waals surface area contributed by atoms with Crippen molar-refractivity contribution in [2.24, 2.45) is 0 Å². The molecule has 2 N–H and O–H groups in total. The molecule has 3 aromatic rings. The molecule has 0 atom stereocenters. The first-order valence-electron chi connectivity index (χ1n) is 9.10. The molecule has 158 valence electrons. The first kappa shape index (κ1) is 21.9. The number of nitrogens with zero attached hydrogens (tertiary/aromatic N) is 2. The predicted molar refractivity (Wildman–Crippen MR) is 116 cm³/mol. The van der Waals surface area contributed by atoms with Gasteiger partial charge in [0.25, 0.3) is 5.56 Å². The Bertz CT molecular complexity index is 1140. The molecule has 0 aliphatic heterocycles. The van der Waals surface area contributed by atoms with Crippen molar-refractivity contribution >= 4 is 46.2 Å². The molecule has 0 spiro atoms. The Morgan fingerprint density at radius 2 is 2.03 bits per heavy atom. The average Bonchev–Trinajstić information content (AvgIpc) is 3.14. The van der Waals surface area contributed by atoms with E-state index in [1.54, 1.807) is 30.3 Å². The van der Waals surface area contributed by atoms with Crippen LogP contribution >= 0.6 is 23.4 Å². The third kappa shape index (κ3) is 5.64. The average molecular weight is 449 g/mol. The zero-order valence-corrected chi connectivity index (χ0v) is 18.3. The lowest BCUT2D eigenvalue weighted by molar-refractivity contribution is -0.117. The molecule has 0 bridgehead atoms. The van der Waals surface area contributed by atoms with Crippen LogP contribution in [-0.4, -0.2) is 32.8 Å². The fourth-order valence-corrected chi connectivity index (χ4v) is 3.61. The van der Waals surface area contributed by atoms with E-state index >= 15 is 0 Å². The van der Waals surface area contributed by atoms with E-state index in [2.05, 4.69) is 15.6 Å². The van der Waals surface area contributed by atoms with E-state index in [0.717, 1.165) is 11.8 Å². The molecule has 30 heavy (non-hydrogen) atoms. The van der Waals surface area contributed by atoms with Crippen LogP contribution in [0.3, 0.4) is 0 Å². The molecule has 2 aromatic heterocycles. The SMILES string of the molecule is CC(C)(C)NC(=O)NC(=O)CSc1nc2cc(Cl)ccc2c(=O)n1Cc1ccco1. The summed E-state index contributed by atoms with van der Waals surface area (Å²) in [6.45, 7) is 5.58. The van der Waals surface area contributed by atoms with Crippen molar-refractivity contribution in [3.8, 4) is 0 Å². The van der Waals surface area contributed by atoms with Crippen molar-refractivity contribution in [2.45, 2.75) is 38.0 Å². The number of amides is 3. The molecule has 2 heterocycles. The van der Waals surface area contributed by atoms with Gasteiger partial charge in [0.15, 0.2) is 5.16 Å². The van der Waals surface area contributed by atoms with Gasteiger partial charge < -0.3 is 9.73 Å². The highest BCUT2D eigenvalue weighted by Gasteiger charge is 2.18. The van der Waals surface area contributed by atoms with Crippen LogP contribution in [-0.2, 0) is 11.3 Å². The number of urea groups is 1. The highest BCUT2D eigenvalue weighted by atomic mass is 35.5. The molecule has 0 saturated carbocycles. The van der Waals surface area contributed by atoms with Gasteiger partial charge >= 0.3 is 6.03 Å². The number of carbonyl (C=O) groups is 2. The zero-order valence-electron chi connectivity index (χ0n) is 16.7. The van der Waals surface area contributed by atoms with Gasteiger partial charge in [-0.25, -0.2) is 9.78 Å². The van der Waals surface area contributed by atoms with Gasteiger partial charge in [-0.05, 0) is 51.1 Å². The monoisotopic (exact) mass is 448 g/mol. The fraction of sp³-hybridized carbons (Fsp3) is 0.300. The van der Waals surface area contributed by atoms with Gasteiger partial charge in [-0.3, -0.25) is 19.5 Å². The van der Waals surface area contributed by atoms with Crippen molar-refractivity contribution in [1.82, 2.24) is 20.2 Å². The van der Waals surface area contributed by atoms with Crippen molar-refractivity contribution in [3.63, 3.8) is 0 Å². The van der Waals surface area contributed by atoms with Gasteiger partial charge in [-0.2, -0.15) is 0 Å². The van der Waals surface area contributed by atoms with E-state index in [4.69, 9.17) is 16.0 Å². The molecule has 1 aromatic carbocycles. The summed E-state index contributed by atoms with van der Waals surface area (Å²) in [5.41, 5.74) is -0.321. The minimum Gasteiger partial charge on any atom is -0.467 e. The number of thioether (sulfide) groups is 1. The number of imide groups is 1. The summed E-state index contributed by atoms with van der Waals surface area (Å²) in [4.78, 5) is 41.6. The Balaban J connectivity index is 1.85. The van der Waals surface area contributed by atoms with E-state index in [9.17, 15) is 14.4 Å². The highest BCUT2D eigenvalue weighted by Crippen LogP contribution is 2.21. The molecule has 3 amide bonds. The van der Waals surface area contributed by atoms with Crippen LogP contribution in [0.4, 0.5) is 4.79 Å². The smallest absolute Gasteiger partial charge is 0.321 e. The van der Waals surface area contributed by atoms with E-state index < -0.39 is 17.5 Å². The Kier molecular flexibility index (Phi) is 6.52. The van der Waals surface area contributed by atoms with E-state index in [0.29, 0.717) is 26.8 Å². The second-order valence-electron chi connectivity index (χ2n) is 7.57. The molecular formula is C20H21ClN4O4S. The molecule has 0 aliphatic rings. The number of fused-ring (bicyclic) bond motifs is 1. The minimum atomic E-state index is -0.584. The summed E-state index contributed by atoms with van der Waals surface area (Å²) in [7, 11) is 0. The van der Waals surface area contributed by atoms with Crippen LogP contribution in [0.1, 0.15) is 26.5 Å². The number of benzene rings is 1. The maximum absolute atomic E-state index is 13.0. The molecule has 0 unspecified atom stereocenters. The Morgan fingerprint density at radius 1 is 1.27 bits per heavy atom. The molecule has 0 aliphatic carbocycles. The standard InChI is InChI=1S/C20H21ClN4O4S/c1-20(2,3)24-18(28)23-16(26)11-30-19-22-15-9-12(21)6-7-14(15)17(27)25(19)10-13-5-4-8-29-13/h4-9H,10-11H2,1-3H3,(H2,23,24,26,28). The van der Waals surface area contributed by atoms with Crippen molar-refractivity contribution in [3.05, 3.63) is 57.7 Å². The van der Waals surface area contributed by atoms with Crippen LogP contribution in [0.2, 0.25) is 5.02 Å². The summed E-state index contributed by atoms with van der Waals surface area (Å²) in [5.74, 6) is -0.0383. The van der Waals surface area contributed by atoms with Crippen LogP contribution in [0.15, 0.2) is 51.0 Å². The lowest BCUT2D eigenvalue weighted by Crippen LogP contribution is -2.48. The molecule has 0 saturated heterocycles. The third-order valence-corrected chi connectivity index (χ3v) is 5.06. The summed E-state index contributed by atoms with van der Waals surface area (Å²) in [6.07, 6.45) is 1.52. The van der Waals surface area contributed by atoms with Crippen molar-refractivity contribution in [2.75, 3.05) is 5.75 Å². The van der Waals surface area contributed by atoms with E-state index in [1.165, 1.54) is 10.8 Å². The molecule has 8 nitrogen and oxygen atoms in total. The molecule has 10 heteroatoms. The first-order valence-corrected chi connectivity index (χ1v) is 10.5. The van der Waals surface area contributed by atoms with Gasteiger partial charge in [-0.1, -0.05) is 23.4 Å². The van der Waals surface area contributed by atoms with Gasteiger partial charge in [0.05, 0.1) is 29.5 Å². The summed E-state index contributed by atoms with van der Waals surface area (Å²) < 4.78 is 6.79. The maximum atomic E-state index is 13.0. The van der Waals surface area contributed by atoms with Crippen molar-refractivity contribution < 1.29 is 14.0 Å². The van der Waals surface area contributed by atoms with E-state index in [1.807, 2.05) is 20.8 Å². The van der Waals surface area contributed by atoms with Crippen LogP contribution < -0.4 is 16.2 Å². The number of furan rings is 1. The maximum Gasteiger partial charge on any atom is 0.321 e. The second kappa shape index (κ2) is 8.93. The number of hydrogen-bond acceptors (Lipinski definition) is 6. The summed E-state index contributed by atoms with van der Waals surface area (Å²) in [5, 5.41) is 6.09. The Hall–Kier alpha value is -2.78. The number of carbonyl (C=O) groups excluding carboxylic acids is 2. The van der Waals surface area contributed by atoms with Gasteiger partial charge in [0.1, 0.15) is 5.76 Å². The molecule has 0 radical (unpaired) electrons. The van der Waals surface area contributed by atoms with Crippen LogP contribution in [0.25, 0.3) is 10.9 Å². The van der Waals surface area contributed by atoms with E-state index in [-0.39, 0.29) is 17.9 Å². The Labute approximate surface area is 182 Å². The third-order valence-electron chi connectivity index (χ3n) is 3.85. The quantitative estimate of drug-likeness (QED) is 0.457. The lowest BCUT2D eigenvalue weighted by atomic mass is 10.1. The number of halogens is 1. The first-order chi connectivity index (χ1) is 14.1. The normalized spacial score (nSPS) is 11.5. The highest BCUT2D eigenvalue weighted by molar-refractivity contribution is 7.99. The zero-order chi connectivity index (χ0) is 21.9. The lowest BCUT2D eigenvalue weighted by Gasteiger charge is -2.20. The number of rotatable bonds is 5. The largest absolute Gasteiger partial charge is 0.467 e. The summed E-state index contributed by atoms with van der Waals surface area (Å²) in [6, 6.07) is 7.72. The predicted octanol–water partition coefficient (Wildman–Crippen LogP) is 3.41. The second-order valence-corrected chi connectivity index (χ2v) is 8.95. The van der Waals surface area contributed by atoms with Crippen LogP contribution in [0.5, 0.6) is 0 Å². The molecular weight excluding hydrogens is 428 g/mol. The van der Waals surface area contributed by atoms with Crippen molar-refractivity contribution in [1.29, 1.82) is 0 Å². The Morgan fingerprint density at radius 3 is 2.70 bits per heavy atom. The number of hydrogen-bond donors (Lipinski definition) is 2. The number of aromatic nitrogens is 2. The topological polar surface area (TPSA) is 106 Å². The fourth-order valence-electron chi connectivity index (χ4n) is 2.65. The van der Waals surface area contributed by atoms with Crippen LogP contribution in [0, 0.1) is 0 Å². The molecule has 3 rings (SSSR count). The minimum absolute atomic E-state index is 0.103. The van der Waals surface area contributed by atoms with Gasteiger partial charge in [0.2, 0.25) is 5.91 Å². The molecule has 0 fully saturated rings.